The van der Waals surface area contributed by atoms with E-state index in [1.54, 1.807) is 0 Å². The second kappa shape index (κ2) is 6.74. The molecule has 2 fully saturated rings. The summed E-state index contributed by atoms with van der Waals surface area (Å²) in [5.41, 5.74) is 6.07. The first kappa shape index (κ1) is 14.8. The smallest absolute Gasteiger partial charge is 0.225 e. The molecular formula is C16H30N2O. The molecule has 0 bridgehead atoms. The van der Waals surface area contributed by atoms with Gasteiger partial charge in [-0.3, -0.25) is 4.79 Å². The molecule has 0 spiro atoms. The third kappa shape index (κ3) is 3.50. The number of nitrogens with two attached hydrogens (primary N) is 1. The van der Waals surface area contributed by atoms with Crippen LogP contribution in [0, 0.1) is 11.8 Å². The van der Waals surface area contributed by atoms with E-state index in [-0.39, 0.29) is 18.0 Å². The Morgan fingerprint density at radius 2 is 1.89 bits per heavy atom. The lowest BCUT2D eigenvalue weighted by Crippen LogP contribution is -2.53. The van der Waals surface area contributed by atoms with Crippen molar-refractivity contribution in [2.45, 2.75) is 77.3 Å². The van der Waals surface area contributed by atoms with Crippen LogP contribution in [-0.2, 0) is 4.79 Å². The maximum atomic E-state index is 12.7. The monoisotopic (exact) mass is 266 g/mol. The lowest BCUT2D eigenvalue weighted by molar-refractivity contribution is -0.141. The maximum Gasteiger partial charge on any atom is 0.225 e. The summed E-state index contributed by atoms with van der Waals surface area (Å²) in [7, 11) is 0. The molecule has 3 nitrogen and oxygen atoms in total. The Kier molecular flexibility index (Phi) is 5.26. The van der Waals surface area contributed by atoms with Crippen molar-refractivity contribution in [3.8, 4) is 0 Å². The van der Waals surface area contributed by atoms with Crippen LogP contribution in [0.25, 0.3) is 0 Å². The fourth-order valence-electron chi connectivity index (χ4n) is 3.83. The average molecular weight is 266 g/mol. The highest BCUT2D eigenvalue weighted by molar-refractivity contribution is 5.79. The van der Waals surface area contributed by atoms with Gasteiger partial charge in [0, 0.05) is 24.5 Å². The molecule has 2 aliphatic rings. The van der Waals surface area contributed by atoms with Crippen molar-refractivity contribution in [2.24, 2.45) is 17.6 Å². The quantitative estimate of drug-likeness (QED) is 0.853. The largest absolute Gasteiger partial charge is 0.338 e. The molecule has 0 aromatic rings. The molecule has 1 aliphatic carbocycles. The Balaban J connectivity index is 1.94. The zero-order chi connectivity index (χ0) is 13.8. The van der Waals surface area contributed by atoms with Gasteiger partial charge >= 0.3 is 0 Å². The molecule has 1 amide bonds. The molecule has 0 radical (unpaired) electrons. The summed E-state index contributed by atoms with van der Waals surface area (Å²) >= 11 is 0. The number of nitrogens with zero attached hydrogens (tertiary/aromatic N) is 1. The number of hydrogen-bond donors (Lipinski definition) is 1. The number of carbonyl (C=O) groups excluding carboxylic acids is 1. The summed E-state index contributed by atoms with van der Waals surface area (Å²) in [5, 5.41) is 0. The van der Waals surface area contributed by atoms with Crippen molar-refractivity contribution in [1.82, 2.24) is 4.90 Å². The van der Waals surface area contributed by atoms with Gasteiger partial charge in [0.15, 0.2) is 0 Å². The van der Waals surface area contributed by atoms with Crippen molar-refractivity contribution in [2.75, 3.05) is 6.54 Å². The van der Waals surface area contributed by atoms with Gasteiger partial charge in [0.05, 0.1) is 0 Å². The predicted octanol–water partition coefficient (Wildman–Crippen LogP) is 2.93. The van der Waals surface area contributed by atoms with Crippen LogP contribution in [0.4, 0.5) is 0 Å². The molecule has 0 aromatic heterocycles. The molecule has 19 heavy (non-hydrogen) atoms. The first-order valence-electron chi connectivity index (χ1n) is 8.19. The van der Waals surface area contributed by atoms with E-state index in [0.29, 0.717) is 5.91 Å². The van der Waals surface area contributed by atoms with Gasteiger partial charge in [-0.2, -0.15) is 0 Å². The summed E-state index contributed by atoms with van der Waals surface area (Å²) in [5.74, 6) is 1.54. The summed E-state index contributed by atoms with van der Waals surface area (Å²) in [6.07, 6.45) is 9.41. The van der Waals surface area contributed by atoms with Crippen LogP contribution in [-0.4, -0.2) is 29.4 Å². The van der Waals surface area contributed by atoms with E-state index >= 15 is 0 Å². The number of amides is 1. The molecule has 110 valence electrons. The van der Waals surface area contributed by atoms with Gasteiger partial charge in [-0.05, 0) is 57.8 Å². The van der Waals surface area contributed by atoms with Crippen molar-refractivity contribution in [3.63, 3.8) is 0 Å². The molecule has 2 unspecified atom stereocenters. The standard InChI is InChI=1S/C16H30N2O/c1-3-13-7-9-14(10-8-13)16(19)18-11-5-4-6-15(18)12(2)17/h12-15H,3-11,17H2,1-2H3. The summed E-state index contributed by atoms with van der Waals surface area (Å²) < 4.78 is 0. The second-order valence-electron chi connectivity index (χ2n) is 6.58. The van der Waals surface area contributed by atoms with Crippen molar-refractivity contribution >= 4 is 5.91 Å². The van der Waals surface area contributed by atoms with Gasteiger partial charge in [0.2, 0.25) is 5.91 Å². The molecule has 3 heteroatoms. The van der Waals surface area contributed by atoms with Crippen molar-refractivity contribution < 1.29 is 4.79 Å². The molecule has 2 N–H and O–H groups in total. The normalized spacial score (nSPS) is 34.1. The van der Waals surface area contributed by atoms with Crippen LogP contribution >= 0.6 is 0 Å². The Hall–Kier alpha value is -0.570. The van der Waals surface area contributed by atoms with E-state index in [9.17, 15) is 4.79 Å². The SMILES string of the molecule is CCC1CCC(C(=O)N2CCCCC2C(C)N)CC1. The average Bonchev–Trinajstić information content (AvgIpc) is 2.46. The Labute approximate surface area is 117 Å². The Morgan fingerprint density at radius 3 is 2.47 bits per heavy atom. The van der Waals surface area contributed by atoms with Crippen LogP contribution in [0.3, 0.4) is 0 Å². The number of likely N-dealkylation sites (tertiary alicyclic amines) is 1. The van der Waals surface area contributed by atoms with Gasteiger partial charge in [-0.15, -0.1) is 0 Å². The Morgan fingerprint density at radius 1 is 1.21 bits per heavy atom. The number of rotatable bonds is 3. The van der Waals surface area contributed by atoms with Crippen molar-refractivity contribution in [3.05, 3.63) is 0 Å². The number of piperidine rings is 1. The molecule has 2 atom stereocenters. The summed E-state index contributed by atoms with van der Waals surface area (Å²) in [4.78, 5) is 14.8. The zero-order valence-electron chi connectivity index (χ0n) is 12.6. The highest BCUT2D eigenvalue weighted by atomic mass is 16.2. The van der Waals surface area contributed by atoms with E-state index in [4.69, 9.17) is 5.73 Å². The van der Waals surface area contributed by atoms with Crippen LogP contribution in [0.5, 0.6) is 0 Å². The minimum absolute atomic E-state index is 0.108. The molecular weight excluding hydrogens is 236 g/mol. The van der Waals surface area contributed by atoms with E-state index < -0.39 is 0 Å². The highest BCUT2D eigenvalue weighted by Gasteiger charge is 2.34. The lowest BCUT2D eigenvalue weighted by Gasteiger charge is -2.41. The molecule has 1 saturated carbocycles. The van der Waals surface area contributed by atoms with Gasteiger partial charge in [-0.1, -0.05) is 13.3 Å². The van der Waals surface area contributed by atoms with Gasteiger partial charge in [-0.25, -0.2) is 0 Å². The fourth-order valence-corrected chi connectivity index (χ4v) is 3.83. The fraction of sp³-hybridized carbons (Fsp3) is 0.938. The van der Waals surface area contributed by atoms with Crippen LogP contribution < -0.4 is 5.73 Å². The second-order valence-corrected chi connectivity index (χ2v) is 6.58. The van der Waals surface area contributed by atoms with Crippen LogP contribution in [0.1, 0.15) is 65.2 Å². The van der Waals surface area contributed by atoms with Gasteiger partial charge < -0.3 is 10.6 Å². The Bertz CT molecular complexity index is 295. The lowest BCUT2D eigenvalue weighted by atomic mass is 9.79. The first-order chi connectivity index (χ1) is 9.13. The number of hydrogen-bond acceptors (Lipinski definition) is 2. The molecule has 2 rings (SSSR count). The van der Waals surface area contributed by atoms with Crippen LogP contribution in [0.15, 0.2) is 0 Å². The minimum Gasteiger partial charge on any atom is -0.338 e. The molecule has 1 aliphatic heterocycles. The predicted molar refractivity (Wildman–Crippen MR) is 78.7 cm³/mol. The third-order valence-corrected chi connectivity index (χ3v) is 5.21. The van der Waals surface area contributed by atoms with E-state index in [1.165, 1.54) is 25.7 Å². The molecule has 1 saturated heterocycles. The van der Waals surface area contributed by atoms with E-state index in [2.05, 4.69) is 11.8 Å². The summed E-state index contributed by atoms with van der Waals surface area (Å²) in [6.45, 7) is 5.24. The number of carbonyl (C=O) groups is 1. The zero-order valence-corrected chi connectivity index (χ0v) is 12.6. The molecule has 0 aromatic carbocycles. The molecule has 1 heterocycles. The van der Waals surface area contributed by atoms with Crippen LogP contribution in [0.2, 0.25) is 0 Å². The topological polar surface area (TPSA) is 46.3 Å². The maximum absolute atomic E-state index is 12.7. The van der Waals surface area contributed by atoms with Gasteiger partial charge in [0.1, 0.15) is 0 Å². The van der Waals surface area contributed by atoms with Crippen molar-refractivity contribution in [1.29, 1.82) is 0 Å². The summed E-state index contributed by atoms with van der Waals surface area (Å²) in [6, 6.07) is 0.390. The van der Waals surface area contributed by atoms with Gasteiger partial charge in [0.25, 0.3) is 0 Å². The van der Waals surface area contributed by atoms with E-state index in [1.807, 2.05) is 6.92 Å². The first-order valence-corrected chi connectivity index (χ1v) is 8.19. The highest BCUT2D eigenvalue weighted by Crippen LogP contribution is 2.33. The third-order valence-electron chi connectivity index (χ3n) is 5.21. The minimum atomic E-state index is 0.108. The van der Waals surface area contributed by atoms with E-state index in [0.717, 1.165) is 38.1 Å².